The zero-order valence-electron chi connectivity index (χ0n) is 11.9. The number of nitrogens with zero attached hydrogens (tertiary/aromatic N) is 3. The smallest absolute Gasteiger partial charge is 0.191 e. The van der Waals surface area contributed by atoms with Gasteiger partial charge in [0, 0.05) is 51.9 Å². The molecule has 0 spiro atoms. The van der Waals surface area contributed by atoms with Crippen LogP contribution in [0.3, 0.4) is 0 Å². The molecule has 0 bridgehead atoms. The number of hydrogen-bond acceptors (Lipinski definition) is 3. The second-order valence-electron chi connectivity index (χ2n) is 5.56. The summed E-state index contributed by atoms with van der Waals surface area (Å²) in [4.78, 5) is 9.21. The van der Waals surface area contributed by atoms with Gasteiger partial charge in [0.15, 0.2) is 5.96 Å². The summed E-state index contributed by atoms with van der Waals surface area (Å²) in [5.74, 6) is 0.957. The summed E-state index contributed by atoms with van der Waals surface area (Å²) in [5, 5.41) is 6.85. The van der Waals surface area contributed by atoms with Crippen molar-refractivity contribution in [1.29, 1.82) is 0 Å². The lowest BCUT2D eigenvalue weighted by molar-refractivity contribution is 0.120. The second kappa shape index (κ2) is 6.38. The van der Waals surface area contributed by atoms with Crippen molar-refractivity contribution < 1.29 is 0 Å². The third-order valence-electron chi connectivity index (χ3n) is 3.87. The van der Waals surface area contributed by atoms with Gasteiger partial charge in [-0.1, -0.05) is 0 Å². The van der Waals surface area contributed by atoms with Gasteiger partial charge in [0.1, 0.15) is 0 Å². The number of hydrogen-bond donors (Lipinski definition) is 2. The topological polar surface area (TPSA) is 42.9 Å². The number of likely N-dealkylation sites (N-methyl/N-ethyl adjacent to an activating group) is 1. The molecule has 0 radical (unpaired) electrons. The van der Waals surface area contributed by atoms with Crippen LogP contribution in [0.5, 0.6) is 0 Å². The highest BCUT2D eigenvalue weighted by Crippen LogP contribution is 2.18. The zero-order valence-corrected chi connectivity index (χ0v) is 11.9. The molecule has 1 unspecified atom stereocenters. The van der Waals surface area contributed by atoms with E-state index >= 15 is 0 Å². The summed E-state index contributed by atoms with van der Waals surface area (Å²) in [6, 6.07) is 1.23. The fourth-order valence-corrected chi connectivity index (χ4v) is 2.25. The zero-order chi connectivity index (χ0) is 13.0. The lowest BCUT2D eigenvalue weighted by Crippen LogP contribution is -2.52. The molecule has 2 fully saturated rings. The summed E-state index contributed by atoms with van der Waals surface area (Å²) in [6.45, 7) is 7.97. The maximum absolute atomic E-state index is 4.27. The van der Waals surface area contributed by atoms with Crippen molar-refractivity contribution in [3.8, 4) is 0 Å². The minimum absolute atomic E-state index is 0.566. The van der Waals surface area contributed by atoms with E-state index in [0.717, 1.165) is 12.5 Å². The lowest BCUT2D eigenvalue weighted by atomic mass is 10.2. The molecule has 2 N–H and O–H groups in total. The Morgan fingerprint density at radius 2 is 1.94 bits per heavy atom. The van der Waals surface area contributed by atoms with Crippen LogP contribution in [-0.4, -0.2) is 74.7 Å². The van der Waals surface area contributed by atoms with Gasteiger partial charge < -0.3 is 15.5 Å². The predicted molar refractivity (Wildman–Crippen MR) is 76.1 cm³/mol. The Bertz CT molecular complexity index is 279. The van der Waals surface area contributed by atoms with E-state index in [1.165, 1.54) is 39.0 Å². The normalized spacial score (nSPS) is 24.9. The van der Waals surface area contributed by atoms with Gasteiger partial charge in [-0.25, -0.2) is 0 Å². The molecule has 104 valence electrons. The van der Waals surface area contributed by atoms with Crippen LogP contribution in [0.25, 0.3) is 0 Å². The first-order chi connectivity index (χ1) is 8.69. The van der Waals surface area contributed by atoms with E-state index in [9.17, 15) is 0 Å². The SMILES string of the molecule is CN=C(NCC(C)N1CCN(C)CC1)NC1CC1. The van der Waals surface area contributed by atoms with Crippen molar-refractivity contribution in [2.45, 2.75) is 31.8 Å². The fourth-order valence-electron chi connectivity index (χ4n) is 2.25. The molecule has 0 aromatic carbocycles. The first-order valence-corrected chi connectivity index (χ1v) is 7.09. The van der Waals surface area contributed by atoms with Crippen molar-refractivity contribution in [1.82, 2.24) is 20.4 Å². The standard InChI is InChI=1S/C13H27N5/c1-11(18-8-6-17(3)7-9-18)10-15-13(14-2)16-12-4-5-12/h11-12H,4-10H2,1-3H3,(H2,14,15,16). The van der Waals surface area contributed by atoms with Gasteiger partial charge in [0.05, 0.1) is 0 Å². The Labute approximate surface area is 111 Å². The molecule has 2 aliphatic rings. The van der Waals surface area contributed by atoms with Crippen LogP contribution >= 0.6 is 0 Å². The Morgan fingerprint density at radius 1 is 1.28 bits per heavy atom. The van der Waals surface area contributed by atoms with Gasteiger partial charge in [-0.3, -0.25) is 9.89 Å². The average Bonchev–Trinajstić information content (AvgIpc) is 3.18. The van der Waals surface area contributed by atoms with Gasteiger partial charge in [-0.15, -0.1) is 0 Å². The summed E-state index contributed by atoms with van der Waals surface area (Å²) < 4.78 is 0. The Kier molecular flexibility index (Phi) is 4.83. The Morgan fingerprint density at radius 3 is 2.50 bits per heavy atom. The third-order valence-corrected chi connectivity index (χ3v) is 3.87. The molecular formula is C13H27N5. The molecule has 2 rings (SSSR count). The van der Waals surface area contributed by atoms with Crippen molar-refractivity contribution in [2.24, 2.45) is 4.99 Å². The van der Waals surface area contributed by atoms with Gasteiger partial charge in [0.25, 0.3) is 0 Å². The van der Waals surface area contributed by atoms with Gasteiger partial charge in [-0.05, 0) is 26.8 Å². The Balaban J connectivity index is 1.68. The molecular weight excluding hydrogens is 226 g/mol. The molecule has 0 aromatic rings. The molecule has 1 atom stereocenters. The van der Waals surface area contributed by atoms with Crippen molar-refractivity contribution in [3.05, 3.63) is 0 Å². The quantitative estimate of drug-likeness (QED) is 0.545. The van der Waals surface area contributed by atoms with E-state index in [0.29, 0.717) is 12.1 Å². The number of aliphatic imine (C=N–C) groups is 1. The predicted octanol–water partition coefficient (Wildman–Crippen LogP) is -0.0503. The number of guanidine groups is 1. The largest absolute Gasteiger partial charge is 0.355 e. The van der Waals surface area contributed by atoms with Gasteiger partial charge in [-0.2, -0.15) is 0 Å². The first-order valence-electron chi connectivity index (χ1n) is 7.09. The van der Waals surface area contributed by atoms with Crippen LogP contribution in [0.4, 0.5) is 0 Å². The number of nitrogens with one attached hydrogen (secondary N) is 2. The highest BCUT2D eigenvalue weighted by Gasteiger charge is 2.23. The molecule has 1 saturated carbocycles. The summed E-state index contributed by atoms with van der Waals surface area (Å²) >= 11 is 0. The minimum Gasteiger partial charge on any atom is -0.355 e. The molecule has 1 aliphatic carbocycles. The van der Waals surface area contributed by atoms with E-state index in [1.54, 1.807) is 0 Å². The Hall–Kier alpha value is -0.810. The van der Waals surface area contributed by atoms with E-state index < -0.39 is 0 Å². The minimum atomic E-state index is 0.566. The van der Waals surface area contributed by atoms with Crippen LogP contribution < -0.4 is 10.6 Å². The molecule has 0 aromatic heterocycles. The van der Waals surface area contributed by atoms with Crippen LogP contribution in [0.1, 0.15) is 19.8 Å². The summed E-state index contributed by atoms with van der Waals surface area (Å²) in [6.07, 6.45) is 2.57. The molecule has 1 aliphatic heterocycles. The van der Waals surface area contributed by atoms with Crippen molar-refractivity contribution in [3.63, 3.8) is 0 Å². The van der Waals surface area contributed by atoms with Crippen molar-refractivity contribution in [2.75, 3.05) is 46.8 Å². The molecule has 18 heavy (non-hydrogen) atoms. The van der Waals surface area contributed by atoms with E-state index in [4.69, 9.17) is 0 Å². The van der Waals surface area contributed by atoms with Gasteiger partial charge in [0.2, 0.25) is 0 Å². The highest BCUT2D eigenvalue weighted by atomic mass is 15.3. The number of rotatable bonds is 4. The van der Waals surface area contributed by atoms with Crippen LogP contribution in [0.2, 0.25) is 0 Å². The molecule has 0 amide bonds. The van der Waals surface area contributed by atoms with Crippen molar-refractivity contribution >= 4 is 5.96 Å². The van der Waals surface area contributed by atoms with Crippen LogP contribution in [0.15, 0.2) is 4.99 Å². The molecule has 1 heterocycles. The highest BCUT2D eigenvalue weighted by molar-refractivity contribution is 5.80. The fraction of sp³-hybridized carbons (Fsp3) is 0.923. The van der Waals surface area contributed by atoms with E-state index in [1.807, 2.05) is 7.05 Å². The lowest BCUT2D eigenvalue weighted by Gasteiger charge is -2.36. The second-order valence-corrected chi connectivity index (χ2v) is 5.56. The van der Waals surface area contributed by atoms with E-state index in [-0.39, 0.29) is 0 Å². The summed E-state index contributed by atoms with van der Waals surface area (Å²) in [7, 11) is 4.04. The molecule has 5 nitrogen and oxygen atoms in total. The average molecular weight is 253 g/mol. The molecule has 1 saturated heterocycles. The summed E-state index contributed by atoms with van der Waals surface area (Å²) in [5.41, 5.74) is 0. The van der Waals surface area contributed by atoms with E-state index in [2.05, 4.69) is 39.4 Å². The third kappa shape index (κ3) is 4.14. The monoisotopic (exact) mass is 253 g/mol. The first kappa shape index (κ1) is 13.6. The number of piperazine rings is 1. The maximum atomic E-state index is 4.27. The van der Waals surface area contributed by atoms with Crippen LogP contribution in [0, 0.1) is 0 Å². The van der Waals surface area contributed by atoms with Crippen LogP contribution in [-0.2, 0) is 0 Å². The molecule has 5 heteroatoms. The maximum Gasteiger partial charge on any atom is 0.191 e. The van der Waals surface area contributed by atoms with Gasteiger partial charge >= 0.3 is 0 Å².